The van der Waals surface area contributed by atoms with E-state index in [9.17, 15) is 5.11 Å². The molecule has 0 aliphatic rings. The van der Waals surface area contributed by atoms with Crippen molar-refractivity contribution in [2.45, 2.75) is 19.5 Å². The van der Waals surface area contributed by atoms with Gasteiger partial charge in [-0.25, -0.2) is 0 Å². The van der Waals surface area contributed by atoms with Crippen molar-refractivity contribution < 1.29 is 5.11 Å². The van der Waals surface area contributed by atoms with Crippen LogP contribution in [0.25, 0.3) is 11.3 Å². The summed E-state index contributed by atoms with van der Waals surface area (Å²) in [4.78, 5) is 0. The lowest BCUT2D eigenvalue weighted by Gasteiger charge is -2.07. The highest BCUT2D eigenvalue weighted by Gasteiger charge is 2.03. The van der Waals surface area contributed by atoms with E-state index >= 15 is 0 Å². The van der Waals surface area contributed by atoms with Gasteiger partial charge in [0.05, 0.1) is 6.20 Å². The average Bonchev–Trinajstić information content (AvgIpc) is 3.01. The number of benzene rings is 1. The van der Waals surface area contributed by atoms with Gasteiger partial charge in [0, 0.05) is 24.8 Å². The van der Waals surface area contributed by atoms with Gasteiger partial charge < -0.3 is 9.67 Å². The van der Waals surface area contributed by atoms with Crippen molar-refractivity contribution in [2.75, 3.05) is 0 Å². The first-order valence-corrected chi connectivity index (χ1v) is 7.49. The van der Waals surface area contributed by atoms with Crippen LogP contribution in [0.15, 0.2) is 54.9 Å². The molecule has 1 aromatic carbocycles. The summed E-state index contributed by atoms with van der Waals surface area (Å²) in [5, 5.41) is 17.9. The first kappa shape index (κ1) is 14.5. The lowest BCUT2D eigenvalue weighted by Crippen LogP contribution is -2.05. The zero-order valence-electron chi connectivity index (χ0n) is 12.0. The van der Waals surface area contributed by atoms with Gasteiger partial charge in [-0.05, 0) is 18.6 Å². The fourth-order valence-corrected chi connectivity index (χ4v) is 2.47. The van der Waals surface area contributed by atoms with Crippen molar-refractivity contribution in [1.82, 2.24) is 19.6 Å². The van der Waals surface area contributed by atoms with E-state index in [2.05, 4.69) is 10.3 Å². The van der Waals surface area contributed by atoms with Crippen molar-refractivity contribution in [2.24, 2.45) is 0 Å². The third-order valence-electron chi connectivity index (χ3n) is 3.39. The molecule has 22 heavy (non-hydrogen) atoms. The minimum Gasteiger partial charge on any atom is -0.505 e. The number of hydrogen-bond acceptors (Lipinski definition) is 4. The minimum absolute atomic E-state index is 0.143. The zero-order valence-corrected chi connectivity index (χ0v) is 12.8. The Hall–Kier alpha value is -2.47. The zero-order chi connectivity index (χ0) is 15.4. The third kappa shape index (κ3) is 3.23. The summed E-state index contributed by atoms with van der Waals surface area (Å²) in [7, 11) is 0. The molecule has 0 radical (unpaired) electrons. The lowest BCUT2D eigenvalue weighted by atomic mass is 10.2. The van der Waals surface area contributed by atoms with Crippen LogP contribution in [0.4, 0.5) is 0 Å². The van der Waals surface area contributed by atoms with E-state index < -0.39 is 0 Å². The van der Waals surface area contributed by atoms with E-state index in [1.54, 1.807) is 12.1 Å². The molecule has 0 aliphatic heterocycles. The van der Waals surface area contributed by atoms with Crippen LogP contribution in [0.5, 0.6) is 5.75 Å². The minimum atomic E-state index is 0.143. The summed E-state index contributed by atoms with van der Waals surface area (Å²) in [6, 6.07) is 13.4. The van der Waals surface area contributed by atoms with Gasteiger partial charge >= 0.3 is 0 Å². The predicted molar refractivity (Wildman–Crippen MR) is 87.0 cm³/mol. The Morgan fingerprint density at radius 1 is 1.05 bits per heavy atom. The highest BCUT2D eigenvalue weighted by molar-refractivity contribution is 7.71. The van der Waals surface area contributed by atoms with Gasteiger partial charge in [-0.2, -0.15) is 0 Å². The number of pyridine rings is 1. The molecule has 2 aromatic heterocycles. The van der Waals surface area contributed by atoms with Crippen molar-refractivity contribution in [3.05, 3.63) is 59.5 Å². The van der Waals surface area contributed by atoms with Crippen LogP contribution in [0.2, 0.25) is 0 Å². The molecule has 3 aromatic rings. The first-order chi connectivity index (χ1) is 10.7. The van der Waals surface area contributed by atoms with Crippen LogP contribution in [0.3, 0.4) is 0 Å². The van der Waals surface area contributed by atoms with Crippen LogP contribution in [0, 0.1) is 4.64 Å². The second-order valence-corrected chi connectivity index (χ2v) is 5.37. The van der Waals surface area contributed by atoms with Gasteiger partial charge in [0.2, 0.25) is 0 Å². The molecular weight excluding hydrogens is 296 g/mol. The Bertz CT molecular complexity index is 810. The number of hydrogen-bond donors (Lipinski definition) is 1. The molecule has 3 rings (SSSR count). The Morgan fingerprint density at radius 3 is 2.68 bits per heavy atom. The molecule has 2 heterocycles. The van der Waals surface area contributed by atoms with E-state index in [0.717, 1.165) is 30.8 Å². The van der Waals surface area contributed by atoms with Gasteiger partial charge in [-0.1, -0.05) is 47.8 Å². The largest absolute Gasteiger partial charge is 0.505 e. The van der Waals surface area contributed by atoms with Crippen molar-refractivity contribution >= 4 is 12.2 Å². The number of nitrogens with zero attached hydrogens (tertiary/aromatic N) is 4. The van der Waals surface area contributed by atoms with E-state index in [1.807, 2.05) is 52.0 Å². The van der Waals surface area contributed by atoms with Gasteiger partial charge in [0.15, 0.2) is 0 Å². The second kappa shape index (κ2) is 6.53. The summed E-state index contributed by atoms with van der Waals surface area (Å²) in [6.07, 6.45) is 4.67. The Balaban J connectivity index is 1.62. The predicted octanol–water partition coefficient (Wildman–Crippen LogP) is 3.27. The number of aromatic hydroxyl groups is 1. The average molecular weight is 312 g/mol. The summed E-state index contributed by atoms with van der Waals surface area (Å²) in [5.74, 6) is 0.143. The van der Waals surface area contributed by atoms with Gasteiger partial charge in [-0.15, -0.1) is 5.10 Å². The maximum absolute atomic E-state index is 9.59. The highest BCUT2D eigenvalue weighted by Crippen LogP contribution is 2.15. The topological polar surface area (TPSA) is 55.9 Å². The van der Waals surface area contributed by atoms with E-state index in [-0.39, 0.29) is 5.75 Å². The molecule has 112 valence electrons. The molecule has 0 unspecified atom stereocenters. The molecule has 0 amide bonds. The van der Waals surface area contributed by atoms with E-state index in [4.69, 9.17) is 12.2 Å². The molecule has 0 bridgehead atoms. The molecule has 0 saturated carbocycles. The SMILES string of the molecule is Oc1cccn(CCCn2cc(-c3ccccc3)nn2)c1=S. The fraction of sp³-hybridized carbons (Fsp3) is 0.188. The first-order valence-electron chi connectivity index (χ1n) is 7.08. The Labute approximate surface area is 133 Å². The van der Waals surface area contributed by atoms with Gasteiger partial charge in [-0.3, -0.25) is 4.68 Å². The van der Waals surface area contributed by atoms with Crippen LogP contribution in [-0.2, 0) is 13.1 Å². The highest BCUT2D eigenvalue weighted by atomic mass is 32.1. The van der Waals surface area contributed by atoms with Crippen LogP contribution in [0.1, 0.15) is 6.42 Å². The molecule has 5 nitrogen and oxygen atoms in total. The summed E-state index contributed by atoms with van der Waals surface area (Å²) in [5.41, 5.74) is 1.93. The number of aromatic nitrogens is 4. The normalized spacial score (nSPS) is 10.7. The summed E-state index contributed by atoms with van der Waals surface area (Å²) >= 11 is 5.17. The molecular formula is C16H16N4OS. The molecule has 0 saturated heterocycles. The van der Waals surface area contributed by atoms with Gasteiger partial charge in [0.25, 0.3) is 0 Å². The molecule has 0 aliphatic carbocycles. The maximum atomic E-state index is 9.59. The fourth-order valence-electron chi connectivity index (χ4n) is 2.25. The van der Waals surface area contributed by atoms with E-state index in [0.29, 0.717) is 4.64 Å². The van der Waals surface area contributed by atoms with Crippen LogP contribution >= 0.6 is 12.2 Å². The monoisotopic (exact) mass is 312 g/mol. The lowest BCUT2D eigenvalue weighted by molar-refractivity contribution is 0.455. The molecule has 0 atom stereocenters. The Kier molecular flexibility index (Phi) is 4.29. The van der Waals surface area contributed by atoms with Crippen molar-refractivity contribution in [1.29, 1.82) is 0 Å². The van der Waals surface area contributed by atoms with Crippen molar-refractivity contribution in [3.8, 4) is 17.0 Å². The van der Waals surface area contributed by atoms with Crippen LogP contribution in [-0.4, -0.2) is 24.7 Å². The summed E-state index contributed by atoms with van der Waals surface area (Å²) < 4.78 is 4.15. The Morgan fingerprint density at radius 2 is 1.86 bits per heavy atom. The summed E-state index contributed by atoms with van der Waals surface area (Å²) in [6.45, 7) is 1.48. The van der Waals surface area contributed by atoms with Gasteiger partial charge in [0.1, 0.15) is 16.1 Å². The molecule has 0 spiro atoms. The molecule has 0 fully saturated rings. The second-order valence-electron chi connectivity index (χ2n) is 4.98. The standard InChI is InChI=1S/C16H16N4OS/c21-15-8-4-9-19(16(15)22)10-5-11-20-12-14(17-18-20)13-6-2-1-3-7-13/h1-4,6-9,12,21H,5,10-11H2. The smallest absolute Gasteiger partial charge is 0.150 e. The molecule has 6 heteroatoms. The van der Waals surface area contributed by atoms with E-state index in [1.165, 1.54) is 0 Å². The molecule has 1 N–H and O–H groups in total. The number of aryl methyl sites for hydroxylation is 2. The quantitative estimate of drug-likeness (QED) is 0.735. The number of rotatable bonds is 5. The van der Waals surface area contributed by atoms with Crippen LogP contribution < -0.4 is 0 Å². The van der Waals surface area contributed by atoms with Crippen molar-refractivity contribution in [3.63, 3.8) is 0 Å². The maximum Gasteiger partial charge on any atom is 0.150 e. The third-order valence-corrected chi connectivity index (χ3v) is 3.84.